The number of imidazole rings is 1. The van der Waals surface area contributed by atoms with Gasteiger partial charge in [-0.15, -0.1) is 0 Å². The van der Waals surface area contributed by atoms with Crippen LogP contribution in [0.3, 0.4) is 0 Å². The summed E-state index contributed by atoms with van der Waals surface area (Å²) < 4.78 is 36.1. The summed E-state index contributed by atoms with van der Waals surface area (Å²) in [5.74, 6) is -0.286. The summed E-state index contributed by atoms with van der Waals surface area (Å²) in [6.07, 6.45) is 4.09. The van der Waals surface area contributed by atoms with Crippen LogP contribution in [-0.2, 0) is 4.74 Å². The maximum atomic E-state index is 12.4. The fourth-order valence-corrected chi connectivity index (χ4v) is 3.08. The Morgan fingerprint density at radius 2 is 2.07 bits per heavy atom. The number of halogens is 3. The molecule has 12 heteroatoms. The van der Waals surface area contributed by atoms with Gasteiger partial charge in [0.25, 0.3) is 0 Å². The van der Waals surface area contributed by atoms with Gasteiger partial charge in [-0.1, -0.05) is 0 Å². The molecule has 3 aromatic heterocycles. The Morgan fingerprint density at radius 3 is 2.72 bits per heavy atom. The number of urea groups is 1. The molecular weight excluding hydrogens is 454 g/mol. The number of nitrogens with zero attached hydrogens (tertiary/aromatic N) is 4. The van der Waals surface area contributed by atoms with E-state index in [1.165, 1.54) is 18.5 Å². The van der Waals surface area contributed by atoms with Gasteiger partial charge in [0, 0.05) is 7.11 Å². The number of fused-ring (bicyclic) bond motifs is 1. The van der Waals surface area contributed by atoms with E-state index in [1.807, 2.05) is 13.8 Å². The van der Waals surface area contributed by atoms with Crippen molar-refractivity contribution in [2.45, 2.75) is 26.6 Å². The zero-order valence-corrected chi connectivity index (χ0v) is 17.2. The number of hydrogen-bond acceptors (Lipinski definition) is 6. The van der Waals surface area contributed by atoms with Gasteiger partial charge >= 0.3 is 12.6 Å². The van der Waals surface area contributed by atoms with Gasteiger partial charge in [0.1, 0.15) is 0 Å². The molecule has 9 nitrogen and oxygen atoms in total. The molecule has 0 radical (unpaired) electrons. The summed E-state index contributed by atoms with van der Waals surface area (Å²) in [6, 6.07) is 0.808. The third-order valence-electron chi connectivity index (χ3n) is 3.92. The maximum absolute atomic E-state index is 12.4. The number of aryl methyl sites for hydroxylation is 1. The summed E-state index contributed by atoms with van der Waals surface area (Å²) in [4.78, 5) is 20.6. The fraction of sp³-hybridized carbons (Fsp3) is 0.294. The standard InChI is InChI=1S/C17H17BrF2N6O3/c1-8-7-26-14(23-8)13(9(2)28-3)12(6-22-26)25-17(27)24-10-4-11(18)15(21-5-10)29-16(19)20/h4-7,9,16H,1-3H3,(H2,24,25,27). The first-order chi connectivity index (χ1) is 13.8. The average Bonchev–Trinajstić information content (AvgIpc) is 3.03. The Kier molecular flexibility index (Phi) is 6.23. The number of carbonyl (C=O) groups is 1. The maximum Gasteiger partial charge on any atom is 0.388 e. The van der Waals surface area contributed by atoms with Crippen molar-refractivity contribution in [3.63, 3.8) is 0 Å². The molecule has 3 aromatic rings. The van der Waals surface area contributed by atoms with Crippen LogP contribution in [0.15, 0.2) is 29.1 Å². The van der Waals surface area contributed by atoms with Crippen LogP contribution < -0.4 is 15.4 Å². The smallest absolute Gasteiger partial charge is 0.388 e. The Balaban J connectivity index is 1.82. The van der Waals surface area contributed by atoms with E-state index < -0.39 is 12.6 Å². The zero-order valence-electron chi connectivity index (χ0n) is 15.6. The molecule has 3 rings (SSSR count). The average molecular weight is 471 g/mol. The molecule has 0 saturated carbocycles. The van der Waals surface area contributed by atoms with Gasteiger partial charge in [0.2, 0.25) is 5.88 Å². The number of rotatable bonds is 6. The molecule has 1 unspecified atom stereocenters. The Hall–Kier alpha value is -2.86. The number of anilines is 2. The summed E-state index contributed by atoms with van der Waals surface area (Å²) in [7, 11) is 1.55. The number of carbonyl (C=O) groups excluding carboxylic acids is 1. The van der Waals surface area contributed by atoms with E-state index in [-0.39, 0.29) is 22.1 Å². The molecule has 29 heavy (non-hydrogen) atoms. The lowest BCUT2D eigenvalue weighted by Gasteiger charge is -2.16. The van der Waals surface area contributed by atoms with Crippen molar-refractivity contribution in [2.24, 2.45) is 0 Å². The number of ether oxygens (including phenoxy) is 2. The van der Waals surface area contributed by atoms with Crippen molar-refractivity contribution < 1.29 is 23.0 Å². The van der Waals surface area contributed by atoms with Gasteiger partial charge < -0.3 is 20.1 Å². The predicted molar refractivity (Wildman–Crippen MR) is 104 cm³/mol. The van der Waals surface area contributed by atoms with E-state index in [2.05, 4.69) is 46.4 Å². The molecule has 2 amide bonds. The Bertz CT molecular complexity index is 1050. The molecule has 2 N–H and O–H groups in total. The molecule has 0 aliphatic carbocycles. The minimum atomic E-state index is -3.00. The first-order valence-corrected chi connectivity index (χ1v) is 9.13. The minimum absolute atomic E-state index is 0.167. The highest BCUT2D eigenvalue weighted by Crippen LogP contribution is 2.29. The zero-order chi connectivity index (χ0) is 21.1. The van der Waals surface area contributed by atoms with Gasteiger partial charge in [-0.2, -0.15) is 13.9 Å². The number of nitrogens with one attached hydrogen (secondary N) is 2. The van der Waals surface area contributed by atoms with Crippen molar-refractivity contribution in [1.29, 1.82) is 0 Å². The summed E-state index contributed by atoms with van der Waals surface area (Å²) in [5.41, 5.74) is 2.67. The molecule has 0 saturated heterocycles. The van der Waals surface area contributed by atoms with Gasteiger partial charge in [-0.3, -0.25) is 0 Å². The van der Waals surface area contributed by atoms with Crippen LogP contribution in [0.4, 0.5) is 25.0 Å². The fourth-order valence-electron chi connectivity index (χ4n) is 2.63. The molecule has 1 atom stereocenters. The van der Waals surface area contributed by atoms with Crippen LogP contribution in [0.2, 0.25) is 0 Å². The van der Waals surface area contributed by atoms with Gasteiger partial charge in [-0.05, 0) is 35.8 Å². The second-order valence-corrected chi connectivity index (χ2v) is 6.82. The number of amides is 2. The van der Waals surface area contributed by atoms with Crippen molar-refractivity contribution in [2.75, 3.05) is 17.7 Å². The Labute approximate surface area is 172 Å². The third kappa shape index (κ3) is 4.77. The number of aromatic nitrogens is 4. The Morgan fingerprint density at radius 1 is 1.31 bits per heavy atom. The monoisotopic (exact) mass is 470 g/mol. The summed E-state index contributed by atoms with van der Waals surface area (Å²) in [5, 5.41) is 9.51. The molecule has 0 aliphatic heterocycles. The molecule has 154 valence electrons. The van der Waals surface area contributed by atoms with Crippen molar-refractivity contribution in [3.05, 3.63) is 40.4 Å². The molecule has 0 spiro atoms. The minimum Gasteiger partial charge on any atom is -0.416 e. The van der Waals surface area contributed by atoms with E-state index in [0.29, 0.717) is 16.9 Å². The first kappa shape index (κ1) is 20.9. The molecule has 0 aromatic carbocycles. The van der Waals surface area contributed by atoms with Crippen LogP contribution in [0, 0.1) is 6.92 Å². The van der Waals surface area contributed by atoms with E-state index in [9.17, 15) is 13.6 Å². The normalized spacial score (nSPS) is 12.2. The van der Waals surface area contributed by atoms with Crippen LogP contribution >= 0.6 is 15.9 Å². The molecular formula is C17H17BrF2N6O3. The second-order valence-electron chi connectivity index (χ2n) is 5.97. The quantitative estimate of drug-likeness (QED) is 0.560. The van der Waals surface area contributed by atoms with E-state index >= 15 is 0 Å². The third-order valence-corrected chi connectivity index (χ3v) is 4.49. The molecule has 0 aliphatic rings. The predicted octanol–water partition coefficient (Wildman–Crippen LogP) is 4.15. The highest BCUT2D eigenvalue weighted by Gasteiger charge is 2.19. The topological polar surface area (TPSA) is 103 Å². The van der Waals surface area contributed by atoms with Crippen LogP contribution in [0.25, 0.3) is 5.65 Å². The second kappa shape index (κ2) is 8.66. The van der Waals surface area contributed by atoms with Crippen LogP contribution in [0.5, 0.6) is 5.88 Å². The molecule has 0 fully saturated rings. The van der Waals surface area contributed by atoms with Crippen molar-refractivity contribution in [1.82, 2.24) is 19.6 Å². The van der Waals surface area contributed by atoms with E-state index in [4.69, 9.17) is 4.74 Å². The summed E-state index contributed by atoms with van der Waals surface area (Å²) in [6.45, 7) is 0.656. The highest BCUT2D eigenvalue weighted by atomic mass is 79.9. The van der Waals surface area contributed by atoms with Crippen LogP contribution in [-0.4, -0.2) is 39.3 Å². The van der Waals surface area contributed by atoms with Crippen LogP contribution in [0.1, 0.15) is 24.3 Å². The van der Waals surface area contributed by atoms with Gasteiger partial charge in [0.15, 0.2) is 5.65 Å². The SMILES string of the molecule is COC(C)c1c(NC(=O)Nc2cnc(OC(F)F)c(Br)c2)cnn2cc(C)nc12. The van der Waals surface area contributed by atoms with Gasteiger partial charge in [-0.25, -0.2) is 19.3 Å². The number of alkyl halides is 2. The first-order valence-electron chi connectivity index (χ1n) is 8.34. The lowest BCUT2D eigenvalue weighted by Crippen LogP contribution is -2.21. The van der Waals surface area contributed by atoms with Gasteiger partial charge in [0.05, 0.1) is 51.8 Å². The van der Waals surface area contributed by atoms with Crippen molar-refractivity contribution in [3.8, 4) is 5.88 Å². The molecule has 3 heterocycles. The highest BCUT2D eigenvalue weighted by molar-refractivity contribution is 9.10. The van der Waals surface area contributed by atoms with Crippen molar-refractivity contribution >= 4 is 39.0 Å². The van der Waals surface area contributed by atoms with E-state index in [1.54, 1.807) is 17.8 Å². The number of pyridine rings is 1. The lowest BCUT2D eigenvalue weighted by atomic mass is 10.1. The number of hydrogen-bond donors (Lipinski definition) is 2. The molecule has 0 bridgehead atoms. The largest absolute Gasteiger partial charge is 0.416 e. The van der Waals surface area contributed by atoms with E-state index in [0.717, 1.165) is 5.69 Å². The number of methoxy groups -OCH3 is 1. The summed E-state index contributed by atoms with van der Waals surface area (Å²) >= 11 is 3.07. The lowest BCUT2D eigenvalue weighted by molar-refractivity contribution is -0.0533.